The lowest BCUT2D eigenvalue weighted by Crippen LogP contribution is -2.47. The minimum atomic E-state index is -0.497. The normalized spacial score (nSPS) is 23.1. The van der Waals surface area contributed by atoms with Gasteiger partial charge in [-0.25, -0.2) is 4.39 Å². The van der Waals surface area contributed by atoms with Crippen molar-refractivity contribution in [2.75, 3.05) is 26.2 Å². The van der Waals surface area contributed by atoms with Crippen molar-refractivity contribution >= 4 is 0 Å². The highest BCUT2D eigenvalue weighted by Gasteiger charge is 2.33. The average Bonchev–Trinajstić information content (AvgIpc) is 2.54. The van der Waals surface area contributed by atoms with Crippen LogP contribution >= 0.6 is 0 Å². The van der Waals surface area contributed by atoms with Crippen molar-refractivity contribution in [2.24, 2.45) is 5.92 Å². The highest BCUT2D eigenvalue weighted by atomic mass is 19.1. The van der Waals surface area contributed by atoms with E-state index in [1.807, 2.05) is 6.07 Å². The maximum atomic E-state index is 13.8. The van der Waals surface area contributed by atoms with Gasteiger partial charge >= 0.3 is 0 Å². The summed E-state index contributed by atoms with van der Waals surface area (Å²) in [4.78, 5) is 2.43. The van der Waals surface area contributed by atoms with Gasteiger partial charge in [0.25, 0.3) is 0 Å². The van der Waals surface area contributed by atoms with Crippen LogP contribution in [0, 0.1) is 11.7 Å². The van der Waals surface area contributed by atoms with Gasteiger partial charge in [0, 0.05) is 37.8 Å². The van der Waals surface area contributed by atoms with E-state index in [1.165, 1.54) is 38.2 Å². The Morgan fingerprint density at radius 1 is 1.14 bits per heavy atom. The largest absolute Gasteiger partial charge is 0.505 e. The van der Waals surface area contributed by atoms with E-state index in [1.54, 1.807) is 6.07 Å². The number of aromatic hydroxyl groups is 1. The summed E-state index contributed by atoms with van der Waals surface area (Å²) in [6.45, 7) is 3.88. The molecule has 1 saturated heterocycles. The SMILES string of the molecule is Oc1c(F)cccc1[C@H](C1CCCCC1)N1CCNCC1. The van der Waals surface area contributed by atoms with Crippen LogP contribution in [-0.4, -0.2) is 36.2 Å². The fourth-order valence-electron chi connectivity index (χ4n) is 3.93. The molecule has 0 amide bonds. The molecule has 1 saturated carbocycles. The fourth-order valence-corrected chi connectivity index (χ4v) is 3.93. The first-order chi connectivity index (χ1) is 10.3. The topological polar surface area (TPSA) is 35.5 Å². The Labute approximate surface area is 126 Å². The van der Waals surface area contributed by atoms with E-state index < -0.39 is 5.82 Å². The third-order valence-electron chi connectivity index (χ3n) is 4.98. The number of hydrogen-bond acceptors (Lipinski definition) is 3. The van der Waals surface area contributed by atoms with Gasteiger partial charge < -0.3 is 10.4 Å². The van der Waals surface area contributed by atoms with Crippen molar-refractivity contribution in [3.63, 3.8) is 0 Å². The molecule has 1 aliphatic carbocycles. The molecule has 2 aliphatic rings. The molecule has 0 unspecified atom stereocenters. The van der Waals surface area contributed by atoms with E-state index >= 15 is 0 Å². The van der Waals surface area contributed by atoms with E-state index in [4.69, 9.17) is 0 Å². The molecule has 0 radical (unpaired) electrons. The molecule has 2 N–H and O–H groups in total. The number of phenolic OH excluding ortho intramolecular Hbond substituents is 1. The molecule has 0 bridgehead atoms. The molecule has 116 valence electrons. The lowest BCUT2D eigenvalue weighted by atomic mass is 9.80. The number of phenols is 1. The summed E-state index contributed by atoms with van der Waals surface area (Å²) >= 11 is 0. The van der Waals surface area contributed by atoms with Gasteiger partial charge in [-0.2, -0.15) is 0 Å². The second-order valence-corrected chi connectivity index (χ2v) is 6.31. The predicted octanol–water partition coefficient (Wildman–Crippen LogP) is 3.06. The molecule has 3 nitrogen and oxygen atoms in total. The van der Waals surface area contributed by atoms with Gasteiger partial charge in [0.05, 0.1) is 0 Å². The molecule has 21 heavy (non-hydrogen) atoms. The molecule has 1 atom stereocenters. The number of halogens is 1. The van der Waals surface area contributed by atoms with Crippen molar-refractivity contribution in [1.82, 2.24) is 10.2 Å². The Hall–Kier alpha value is -1.13. The van der Waals surface area contributed by atoms with Crippen molar-refractivity contribution in [3.05, 3.63) is 29.6 Å². The van der Waals surface area contributed by atoms with Crippen LogP contribution in [-0.2, 0) is 0 Å². The van der Waals surface area contributed by atoms with Crippen LogP contribution < -0.4 is 5.32 Å². The third kappa shape index (κ3) is 3.22. The summed E-state index contributed by atoms with van der Waals surface area (Å²) in [5.74, 6) is -0.111. The summed E-state index contributed by atoms with van der Waals surface area (Å²) in [6.07, 6.45) is 6.18. The van der Waals surface area contributed by atoms with Crippen LogP contribution in [0.15, 0.2) is 18.2 Å². The van der Waals surface area contributed by atoms with Gasteiger partial charge in [-0.1, -0.05) is 31.4 Å². The predicted molar refractivity (Wildman–Crippen MR) is 81.8 cm³/mol. The first-order valence-corrected chi connectivity index (χ1v) is 8.19. The Kier molecular flexibility index (Phi) is 4.76. The van der Waals surface area contributed by atoms with Crippen molar-refractivity contribution in [3.8, 4) is 5.75 Å². The van der Waals surface area contributed by atoms with Crippen molar-refractivity contribution in [1.29, 1.82) is 0 Å². The molecule has 1 aromatic rings. The lowest BCUT2D eigenvalue weighted by molar-refractivity contribution is 0.101. The zero-order valence-electron chi connectivity index (χ0n) is 12.5. The summed E-state index contributed by atoms with van der Waals surface area (Å²) in [5, 5.41) is 13.6. The molecule has 1 aliphatic heterocycles. The highest BCUT2D eigenvalue weighted by Crippen LogP contribution is 2.42. The highest BCUT2D eigenvalue weighted by molar-refractivity contribution is 5.36. The molecule has 1 aromatic carbocycles. The van der Waals surface area contributed by atoms with Crippen molar-refractivity contribution < 1.29 is 9.50 Å². The zero-order valence-corrected chi connectivity index (χ0v) is 12.5. The van der Waals surface area contributed by atoms with Gasteiger partial charge in [-0.05, 0) is 24.8 Å². The van der Waals surface area contributed by atoms with Crippen LogP contribution in [0.4, 0.5) is 4.39 Å². The van der Waals surface area contributed by atoms with Gasteiger partial charge in [0.1, 0.15) is 0 Å². The van der Waals surface area contributed by atoms with E-state index in [0.29, 0.717) is 5.92 Å². The van der Waals surface area contributed by atoms with Crippen LogP contribution in [0.25, 0.3) is 0 Å². The minimum Gasteiger partial charge on any atom is -0.505 e. The van der Waals surface area contributed by atoms with Crippen LogP contribution in [0.2, 0.25) is 0 Å². The molecule has 2 fully saturated rings. The summed E-state index contributed by atoms with van der Waals surface area (Å²) in [6, 6.07) is 5.12. The number of nitrogens with one attached hydrogen (secondary N) is 1. The first kappa shape index (κ1) is 14.8. The molecular weight excluding hydrogens is 267 g/mol. The number of piperazine rings is 1. The summed E-state index contributed by atoms with van der Waals surface area (Å²) in [7, 11) is 0. The summed E-state index contributed by atoms with van der Waals surface area (Å²) < 4.78 is 13.8. The third-order valence-corrected chi connectivity index (χ3v) is 4.98. The Morgan fingerprint density at radius 2 is 1.86 bits per heavy atom. The van der Waals surface area contributed by atoms with E-state index in [9.17, 15) is 9.50 Å². The molecule has 0 spiro atoms. The number of hydrogen-bond donors (Lipinski definition) is 2. The molecule has 4 heteroatoms. The van der Waals surface area contributed by atoms with Crippen LogP contribution in [0.5, 0.6) is 5.75 Å². The molecule has 1 heterocycles. The summed E-state index contributed by atoms with van der Waals surface area (Å²) in [5.41, 5.74) is 0.781. The Bertz CT molecular complexity index is 450. The average molecular weight is 292 g/mol. The number of benzene rings is 1. The number of rotatable bonds is 3. The standard InChI is InChI=1S/C17H25FN2O/c18-15-8-4-7-14(17(15)21)16(13-5-2-1-3-6-13)20-11-9-19-10-12-20/h4,7-8,13,16,19,21H,1-3,5-6,9-12H2/t16-/m0/s1. The quantitative estimate of drug-likeness (QED) is 0.899. The molecule has 3 rings (SSSR count). The Morgan fingerprint density at radius 3 is 2.57 bits per heavy atom. The monoisotopic (exact) mass is 292 g/mol. The fraction of sp³-hybridized carbons (Fsp3) is 0.647. The maximum absolute atomic E-state index is 13.8. The molecular formula is C17H25FN2O. The second kappa shape index (κ2) is 6.75. The number of para-hydroxylation sites is 1. The Balaban J connectivity index is 1.91. The number of nitrogens with zero attached hydrogens (tertiary/aromatic N) is 1. The lowest BCUT2D eigenvalue weighted by Gasteiger charge is -2.41. The zero-order chi connectivity index (χ0) is 14.7. The van der Waals surface area contributed by atoms with Crippen molar-refractivity contribution in [2.45, 2.75) is 38.1 Å². The van der Waals surface area contributed by atoms with E-state index in [2.05, 4.69) is 10.2 Å². The molecule has 0 aromatic heterocycles. The van der Waals surface area contributed by atoms with E-state index in [0.717, 1.165) is 31.7 Å². The van der Waals surface area contributed by atoms with Crippen LogP contribution in [0.1, 0.15) is 43.7 Å². The second-order valence-electron chi connectivity index (χ2n) is 6.31. The van der Waals surface area contributed by atoms with Gasteiger partial charge in [0.2, 0.25) is 0 Å². The van der Waals surface area contributed by atoms with Crippen LogP contribution in [0.3, 0.4) is 0 Å². The minimum absolute atomic E-state index is 0.147. The van der Waals surface area contributed by atoms with Gasteiger partial charge in [-0.15, -0.1) is 0 Å². The van der Waals surface area contributed by atoms with E-state index in [-0.39, 0.29) is 11.8 Å². The first-order valence-electron chi connectivity index (χ1n) is 8.19. The smallest absolute Gasteiger partial charge is 0.165 e. The maximum Gasteiger partial charge on any atom is 0.165 e. The van der Waals surface area contributed by atoms with Gasteiger partial charge in [0.15, 0.2) is 11.6 Å². The van der Waals surface area contributed by atoms with Gasteiger partial charge in [-0.3, -0.25) is 4.90 Å².